The number of hydrogen-bond acceptors (Lipinski definition) is 2. The third kappa shape index (κ3) is 3.43. The van der Waals surface area contributed by atoms with Crippen LogP contribution in [0, 0.1) is 6.92 Å². The van der Waals surface area contributed by atoms with Crippen LogP contribution in [0.5, 0.6) is 5.75 Å². The molecule has 2 aromatic rings. The van der Waals surface area contributed by atoms with Gasteiger partial charge in [0, 0.05) is 8.95 Å². The van der Waals surface area contributed by atoms with Crippen molar-refractivity contribution in [2.45, 2.75) is 19.9 Å². The minimum Gasteiger partial charge on any atom is -0.494 e. The molecule has 106 valence electrons. The summed E-state index contributed by atoms with van der Waals surface area (Å²) in [5, 5.41) is 0. The summed E-state index contributed by atoms with van der Waals surface area (Å²) >= 11 is 7.06. The number of benzene rings is 2. The average Bonchev–Trinajstić information content (AvgIpc) is 2.38. The Morgan fingerprint density at radius 2 is 1.80 bits per heavy atom. The summed E-state index contributed by atoms with van der Waals surface area (Å²) in [5.74, 6) is 0.850. The second-order valence-corrected chi connectivity index (χ2v) is 6.36. The van der Waals surface area contributed by atoms with Gasteiger partial charge in [0.2, 0.25) is 0 Å². The molecule has 2 rings (SSSR count). The molecule has 1 atom stereocenters. The van der Waals surface area contributed by atoms with Crippen LogP contribution in [0.3, 0.4) is 0 Å². The molecule has 0 heterocycles. The predicted molar refractivity (Wildman–Crippen MR) is 90.2 cm³/mol. The van der Waals surface area contributed by atoms with Gasteiger partial charge in [-0.05, 0) is 54.8 Å². The molecule has 4 heteroatoms. The molecular weight excluding hydrogens is 382 g/mol. The van der Waals surface area contributed by atoms with E-state index >= 15 is 0 Å². The van der Waals surface area contributed by atoms with Gasteiger partial charge < -0.3 is 10.5 Å². The summed E-state index contributed by atoms with van der Waals surface area (Å²) < 4.78 is 7.53. The standard InChI is InChI=1S/C16H17Br2NO/c1-3-20-12-5-7-14(15(18)9-12)16(19)13-6-4-11(17)8-10(13)2/h4-9,16H,3,19H2,1-2H3. The first-order valence-electron chi connectivity index (χ1n) is 6.46. The lowest BCUT2D eigenvalue weighted by molar-refractivity contribution is 0.340. The lowest BCUT2D eigenvalue weighted by atomic mass is 9.96. The van der Waals surface area contributed by atoms with Crippen molar-refractivity contribution in [3.63, 3.8) is 0 Å². The van der Waals surface area contributed by atoms with E-state index in [1.54, 1.807) is 0 Å². The zero-order chi connectivity index (χ0) is 14.7. The topological polar surface area (TPSA) is 35.2 Å². The third-order valence-corrected chi connectivity index (χ3v) is 4.36. The molecule has 20 heavy (non-hydrogen) atoms. The summed E-state index contributed by atoms with van der Waals surface area (Å²) in [6, 6.07) is 11.9. The predicted octanol–water partition coefficient (Wildman–Crippen LogP) is 4.97. The number of hydrogen-bond donors (Lipinski definition) is 1. The zero-order valence-corrected chi connectivity index (χ0v) is 14.7. The van der Waals surface area contributed by atoms with E-state index in [-0.39, 0.29) is 6.04 Å². The fourth-order valence-corrected chi connectivity index (χ4v) is 3.25. The van der Waals surface area contributed by atoms with E-state index in [1.165, 1.54) is 5.56 Å². The second-order valence-electron chi connectivity index (χ2n) is 4.59. The van der Waals surface area contributed by atoms with Gasteiger partial charge in [-0.2, -0.15) is 0 Å². The molecule has 0 aliphatic rings. The largest absolute Gasteiger partial charge is 0.494 e. The highest BCUT2D eigenvalue weighted by Gasteiger charge is 2.15. The van der Waals surface area contributed by atoms with Gasteiger partial charge in [0.1, 0.15) is 5.75 Å². The summed E-state index contributed by atoms with van der Waals surface area (Å²) in [6.45, 7) is 4.70. The Kier molecular flexibility index (Phi) is 5.24. The molecule has 0 saturated heterocycles. The van der Waals surface area contributed by atoms with Gasteiger partial charge in [0.05, 0.1) is 12.6 Å². The van der Waals surface area contributed by atoms with E-state index in [4.69, 9.17) is 10.5 Å². The van der Waals surface area contributed by atoms with E-state index in [1.807, 2.05) is 31.2 Å². The Hall–Kier alpha value is -0.840. The maximum Gasteiger partial charge on any atom is 0.120 e. The van der Waals surface area contributed by atoms with Crippen LogP contribution in [0.4, 0.5) is 0 Å². The number of nitrogens with two attached hydrogens (primary N) is 1. The molecule has 0 spiro atoms. The molecule has 2 aromatic carbocycles. The first kappa shape index (κ1) is 15.5. The summed E-state index contributed by atoms with van der Waals surface area (Å²) in [6.07, 6.45) is 0. The van der Waals surface area contributed by atoms with Gasteiger partial charge in [-0.3, -0.25) is 0 Å². The summed E-state index contributed by atoms with van der Waals surface area (Å²) in [7, 11) is 0. The number of ether oxygens (including phenoxy) is 1. The molecule has 0 fully saturated rings. The van der Waals surface area contributed by atoms with E-state index in [0.29, 0.717) is 6.61 Å². The maximum atomic E-state index is 6.41. The van der Waals surface area contributed by atoms with Crippen molar-refractivity contribution in [3.8, 4) is 5.75 Å². The lowest BCUT2D eigenvalue weighted by Crippen LogP contribution is -2.14. The van der Waals surface area contributed by atoms with Crippen molar-refractivity contribution in [1.82, 2.24) is 0 Å². The molecule has 0 aliphatic heterocycles. The van der Waals surface area contributed by atoms with Crippen LogP contribution in [0.25, 0.3) is 0 Å². The van der Waals surface area contributed by atoms with Crippen LogP contribution in [-0.4, -0.2) is 6.61 Å². The fourth-order valence-electron chi connectivity index (χ4n) is 2.17. The summed E-state index contributed by atoms with van der Waals surface area (Å²) in [4.78, 5) is 0. The van der Waals surface area contributed by atoms with Crippen LogP contribution in [0.15, 0.2) is 45.3 Å². The van der Waals surface area contributed by atoms with E-state index in [2.05, 4.69) is 50.9 Å². The van der Waals surface area contributed by atoms with Crippen molar-refractivity contribution in [1.29, 1.82) is 0 Å². The molecule has 2 nitrogen and oxygen atoms in total. The minimum atomic E-state index is -0.159. The monoisotopic (exact) mass is 397 g/mol. The smallest absolute Gasteiger partial charge is 0.120 e. The summed E-state index contributed by atoms with van der Waals surface area (Å²) in [5.41, 5.74) is 9.76. The van der Waals surface area contributed by atoms with Crippen molar-refractivity contribution in [2.24, 2.45) is 5.73 Å². The van der Waals surface area contributed by atoms with Crippen molar-refractivity contribution >= 4 is 31.9 Å². The molecular formula is C16H17Br2NO. The average molecular weight is 399 g/mol. The van der Waals surface area contributed by atoms with Gasteiger partial charge in [0.25, 0.3) is 0 Å². The quantitative estimate of drug-likeness (QED) is 0.789. The van der Waals surface area contributed by atoms with E-state index in [0.717, 1.165) is 25.8 Å². The first-order valence-corrected chi connectivity index (χ1v) is 8.05. The van der Waals surface area contributed by atoms with Gasteiger partial charge in [0.15, 0.2) is 0 Å². The van der Waals surface area contributed by atoms with Crippen LogP contribution in [0.1, 0.15) is 29.7 Å². The lowest BCUT2D eigenvalue weighted by Gasteiger charge is -2.18. The Morgan fingerprint density at radius 1 is 1.10 bits per heavy atom. The molecule has 0 saturated carbocycles. The molecule has 0 aromatic heterocycles. The highest BCUT2D eigenvalue weighted by molar-refractivity contribution is 9.10. The van der Waals surface area contributed by atoms with Crippen LogP contribution >= 0.6 is 31.9 Å². The van der Waals surface area contributed by atoms with Gasteiger partial charge >= 0.3 is 0 Å². The van der Waals surface area contributed by atoms with Crippen molar-refractivity contribution in [2.75, 3.05) is 6.61 Å². The second kappa shape index (κ2) is 6.74. The normalized spacial score (nSPS) is 12.2. The van der Waals surface area contributed by atoms with Crippen molar-refractivity contribution < 1.29 is 4.74 Å². The van der Waals surface area contributed by atoms with Gasteiger partial charge in [-0.25, -0.2) is 0 Å². The maximum absolute atomic E-state index is 6.41. The molecule has 0 amide bonds. The molecule has 1 unspecified atom stereocenters. The van der Waals surface area contributed by atoms with Crippen LogP contribution < -0.4 is 10.5 Å². The fraction of sp³-hybridized carbons (Fsp3) is 0.250. The number of aryl methyl sites for hydroxylation is 1. The Labute approximate surface area is 136 Å². The molecule has 0 aliphatic carbocycles. The van der Waals surface area contributed by atoms with E-state index < -0.39 is 0 Å². The Balaban J connectivity index is 2.35. The number of halogens is 2. The molecule has 0 bridgehead atoms. The first-order chi connectivity index (χ1) is 9.52. The molecule has 2 N–H and O–H groups in total. The molecule has 0 radical (unpaired) electrons. The zero-order valence-electron chi connectivity index (χ0n) is 11.5. The van der Waals surface area contributed by atoms with Crippen molar-refractivity contribution in [3.05, 3.63) is 62.0 Å². The Morgan fingerprint density at radius 3 is 2.40 bits per heavy atom. The van der Waals surface area contributed by atoms with Gasteiger partial charge in [-0.15, -0.1) is 0 Å². The van der Waals surface area contributed by atoms with Crippen LogP contribution in [-0.2, 0) is 0 Å². The minimum absolute atomic E-state index is 0.159. The third-order valence-electron chi connectivity index (χ3n) is 3.18. The SMILES string of the molecule is CCOc1ccc(C(N)c2ccc(Br)cc2C)c(Br)c1. The van der Waals surface area contributed by atoms with Crippen LogP contribution in [0.2, 0.25) is 0 Å². The Bertz CT molecular complexity index is 613. The number of rotatable bonds is 4. The van der Waals surface area contributed by atoms with E-state index in [9.17, 15) is 0 Å². The highest BCUT2D eigenvalue weighted by atomic mass is 79.9. The highest BCUT2D eigenvalue weighted by Crippen LogP contribution is 2.32. The van der Waals surface area contributed by atoms with Gasteiger partial charge in [-0.1, -0.05) is 44.0 Å².